The van der Waals surface area contributed by atoms with Crippen LogP contribution in [0, 0.1) is 33.1 Å². The van der Waals surface area contributed by atoms with Gasteiger partial charge in [-0.3, -0.25) is 28.7 Å². The maximum absolute atomic E-state index is 14.4. The van der Waals surface area contributed by atoms with Crippen LogP contribution < -0.4 is 20.7 Å². The SMILES string of the molecule is COC(NC(=O)[C@@H]1C[C@@H](O)CN1C(=O)[C@@H](NC(=O)c1cc2ccc(O[C@H]3C[C@@H](NC(=O)C[C@@H]4N=C(c5ccc(Cl)cc5)c5c(sc(C)c5C)-n5c(C)nnc54)C3)cc2o1)C(C)(C)C)c1ccc(-c2scnc2C)cc1. The molecule has 5 atom stereocenters. The molecular weight excluding hydrogens is 1010 g/mol. The molecule has 3 aromatic carbocycles. The summed E-state index contributed by atoms with van der Waals surface area (Å²) in [7, 11) is 1.48. The van der Waals surface area contributed by atoms with Crippen molar-refractivity contribution in [1.82, 2.24) is 40.6 Å². The number of hydrogen-bond donors (Lipinski definition) is 4. The van der Waals surface area contributed by atoms with Crippen LogP contribution in [0.2, 0.25) is 5.02 Å². The van der Waals surface area contributed by atoms with Crippen LogP contribution in [0.5, 0.6) is 5.75 Å². The number of amides is 4. The van der Waals surface area contributed by atoms with Gasteiger partial charge in [-0.05, 0) is 74.6 Å². The van der Waals surface area contributed by atoms with Crippen molar-refractivity contribution >= 4 is 74.6 Å². The Hall–Kier alpha value is -6.77. The molecule has 3 aliphatic rings. The first-order valence-corrected chi connectivity index (χ1v) is 26.9. The highest BCUT2D eigenvalue weighted by Crippen LogP contribution is 2.40. The minimum atomic E-state index is -1.09. The fraction of sp³-hybridized carbons (Fsp3) is 0.382. The van der Waals surface area contributed by atoms with E-state index in [1.54, 1.807) is 52.4 Å². The van der Waals surface area contributed by atoms with Crippen LogP contribution in [0.3, 0.4) is 0 Å². The lowest BCUT2D eigenvalue weighted by atomic mass is 9.85. The van der Waals surface area contributed by atoms with E-state index in [-0.39, 0.29) is 43.2 Å². The van der Waals surface area contributed by atoms with E-state index in [0.29, 0.717) is 51.8 Å². The number of aliphatic hydroxyl groups is 1. The predicted molar refractivity (Wildman–Crippen MR) is 287 cm³/mol. The number of benzene rings is 3. The number of aliphatic imine (C=N–C) groups is 1. The Bertz CT molecular complexity index is 3350. The monoisotopic (exact) mass is 1070 g/mol. The van der Waals surface area contributed by atoms with Crippen molar-refractivity contribution in [2.24, 2.45) is 10.4 Å². The van der Waals surface area contributed by atoms with Gasteiger partial charge in [-0.2, -0.15) is 0 Å². The average molecular weight is 1070 g/mol. The second-order valence-electron chi connectivity index (χ2n) is 20.6. The number of hydrogen-bond acceptors (Lipinski definition) is 14. The quantitative estimate of drug-likeness (QED) is 0.0756. The van der Waals surface area contributed by atoms with Crippen molar-refractivity contribution < 1.29 is 38.2 Å². The van der Waals surface area contributed by atoms with Crippen LogP contribution in [0.15, 0.2) is 87.7 Å². The number of fused-ring (bicyclic) bond motifs is 4. The first-order valence-electron chi connectivity index (χ1n) is 24.8. The second-order valence-corrected chi connectivity index (χ2v) is 23.1. The Labute approximate surface area is 446 Å². The van der Waals surface area contributed by atoms with Gasteiger partial charge >= 0.3 is 0 Å². The maximum atomic E-state index is 14.4. The van der Waals surface area contributed by atoms with Crippen LogP contribution in [-0.4, -0.2) is 103 Å². The zero-order chi connectivity index (χ0) is 53.0. The number of rotatable bonds is 14. The largest absolute Gasteiger partial charge is 0.490 e. The van der Waals surface area contributed by atoms with Gasteiger partial charge in [-0.25, -0.2) is 4.98 Å². The molecule has 2 aliphatic heterocycles. The molecule has 10 rings (SSSR count). The van der Waals surface area contributed by atoms with Gasteiger partial charge in [0.1, 0.15) is 46.4 Å². The smallest absolute Gasteiger partial charge is 0.287 e. The van der Waals surface area contributed by atoms with E-state index in [2.05, 4.69) is 45.0 Å². The fourth-order valence-corrected chi connectivity index (χ4v) is 12.1. The number of nitrogens with zero attached hydrogens (tertiary/aromatic N) is 6. The number of furan rings is 1. The number of methoxy groups -OCH3 is 1. The summed E-state index contributed by atoms with van der Waals surface area (Å²) in [5.74, 6) is 0.0443. The van der Waals surface area contributed by atoms with Crippen LogP contribution in [0.1, 0.15) is 114 Å². The molecule has 2 fully saturated rings. The number of thiophene rings is 1. The highest BCUT2D eigenvalue weighted by molar-refractivity contribution is 7.15. The Morgan fingerprint density at radius 2 is 1.67 bits per heavy atom. The Morgan fingerprint density at radius 1 is 0.933 bits per heavy atom. The number of aliphatic hydroxyl groups excluding tert-OH is 1. The number of likely N-dealkylation sites (tertiary alicyclic amines) is 1. The van der Waals surface area contributed by atoms with Crippen molar-refractivity contribution in [2.45, 2.75) is 117 Å². The molecule has 17 nitrogen and oxygen atoms in total. The second kappa shape index (κ2) is 20.7. The van der Waals surface area contributed by atoms with E-state index in [1.807, 2.05) is 87.7 Å². The number of aryl methyl sites for hydroxylation is 3. The number of carbonyl (C=O) groups excluding carboxylic acids is 4. The molecule has 4 aromatic heterocycles. The first-order chi connectivity index (χ1) is 35.8. The molecular formula is C55H58ClN9O8S2. The molecule has 1 saturated carbocycles. The molecule has 1 aliphatic carbocycles. The van der Waals surface area contributed by atoms with Gasteiger partial charge in [0, 0.05) is 77.0 Å². The molecule has 1 saturated heterocycles. The third-order valence-electron chi connectivity index (χ3n) is 14.2. The Balaban J connectivity index is 0.758. The number of carbonyl (C=O) groups is 4. The molecule has 4 N–H and O–H groups in total. The van der Waals surface area contributed by atoms with Gasteiger partial charge in [-0.1, -0.05) is 68.8 Å². The van der Waals surface area contributed by atoms with Crippen molar-refractivity contribution in [3.8, 4) is 21.2 Å². The predicted octanol–water partition coefficient (Wildman–Crippen LogP) is 8.66. The Morgan fingerprint density at radius 3 is 2.36 bits per heavy atom. The average Bonchev–Trinajstić information content (AvgIpc) is 4.22. The zero-order valence-corrected chi connectivity index (χ0v) is 45.2. The third kappa shape index (κ3) is 10.5. The van der Waals surface area contributed by atoms with Crippen molar-refractivity contribution in [2.75, 3.05) is 13.7 Å². The fourth-order valence-electron chi connectivity index (χ4n) is 9.98. The highest BCUT2D eigenvalue weighted by Gasteiger charge is 2.45. The molecule has 6 heterocycles. The molecule has 1 unspecified atom stereocenters. The van der Waals surface area contributed by atoms with Crippen molar-refractivity contribution in [3.63, 3.8) is 0 Å². The molecule has 0 bridgehead atoms. The van der Waals surface area contributed by atoms with E-state index in [1.165, 1.54) is 12.0 Å². The minimum absolute atomic E-state index is 0.0116. The van der Waals surface area contributed by atoms with Crippen LogP contribution in [0.4, 0.5) is 0 Å². The van der Waals surface area contributed by atoms with E-state index in [4.69, 9.17) is 30.5 Å². The minimum Gasteiger partial charge on any atom is -0.490 e. The van der Waals surface area contributed by atoms with Gasteiger partial charge in [0.2, 0.25) is 17.7 Å². The number of β-amino-alcohol motifs (C(OH)–C–C–N with tert-alkyl or cyclic N) is 1. The lowest BCUT2D eigenvalue weighted by Crippen LogP contribution is -2.58. The van der Waals surface area contributed by atoms with E-state index in [9.17, 15) is 24.3 Å². The molecule has 7 aromatic rings. The molecule has 20 heteroatoms. The third-order valence-corrected chi connectivity index (χ3v) is 16.6. The lowest BCUT2D eigenvalue weighted by Gasteiger charge is -2.36. The topological polar surface area (TPSA) is 215 Å². The molecule has 390 valence electrons. The van der Waals surface area contributed by atoms with Gasteiger partial charge in [0.15, 0.2) is 17.8 Å². The molecule has 4 amide bonds. The van der Waals surface area contributed by atoms with Gasteiger partial charge in [0.05, 0.1) is 34.3 Å². The van der Waals surface area contributed by atoms with Crippen molar-refractivity contribution in [1.29, 1.82) is 0 Å². The van der Waals surface area contributed by atoms with E-state index < -0.39 is 53.6 Å². The number of aromatic nitrogens is 4. The maximum Gasteiger partial charge on any atom is 0.287 e. The summed E-state index contributed by atoms with van der Waals surface area (Å²) in [4.78, 5) is 69.1. The summed E-state index contributed by atoms with van der Waals surface area (Å²) >= 11 is 9.48. The number of thiazole rings is 1. The number of nitrogens with one attached hydrogen (secondary N) is 3. The molecule has 0 radical (unpaired) electrons. The lowest BCUT2D eigenvalue weighted by molar-refractivity contribution is -0.143. The van der Waals surface area contributed by atoms with Crippen LogP contribution in [-0.2, 0) is 19.1 Å². The van der Waals surface area contributed by atoms with Crippen LogP contribution in [0.25, 0.3) is 26.4 Å². The summed E-state index contributed by atoms with van der Waals surface area (Å²) in [6.07, 6.45) is -0.713. The van der Waals surface area contributed by atoms with Gasteiger partial charge in [0.25, 0.3) is 5.91 Å². The zero-order valence-electron chi connectivity index (χ0n) is 42.8. The summed E-state index contributed by atoms with van der Waals surface area (Å²) in [5, 5.41) is 30.9. The Kier molecular flexibility index (Phi) is 14.3. The van der Waals surface area contributed by atoms with E-state index in [0.717, 1.165) is 48.4 Å². The molecule has 0 spiro atoms. The van der Waals surface area contributed by atoms with Gasteiger partial charge < -0.3 is 39.8 Å². The summed E-state index contributed by atoms with van der Waals surface area (Å²) in [5.41, 5.74) is 7.80. The van der Waals surface area contributed by atoms with E-state index >= 15 is 0 Å². The number of ether oxygens (including phenoxy) is 2. The summed E-state index contributed by atoms with van der Waals surface area (Å²) in [6, 6.07) is 19.3. The molecule has 75 heavy (non-hydrogen) atoms. The standard InChI is InChI=1S/C55H58ClN9O8S2/c1-27-29(3)75-54-45(27)46(31-13-16-35(56)17-14-31)59-40(49-63-62-30(4)65(49)54)24-44(67)58-36-20-39(21-36)72-38-18-15-34-19-43(73-42(34)23-38)51(69)60-48(55(5,6)7)53(70)64-25-37(66)22-41(64)50(68)61-52(71-8)33-11-9-32(10-12-33)47-28(2)57-26-74-47/h9-19,23,26,36-37,39-41,48,52,66H,20-22,24-25H2,1-8H3,(H,58,67)(H,60,69)(H,61,68)/t36-,37-,39+,40+,41+,48-,52?/m1/s1. The first kappa shape index (κ1) is 51.7. The summed E-state index contributed by atoms with van der Waals surface area (Å²) < 4.78 is 20.1. The number of halogens is 1. The van der Waals surface area contributed by atoms with Crippen molar-refractivity contribution in [3.05, 3.63) is 134 Å². The summed E-state index contributed by atoms with van der Waals surface area (Å²) in [6.45, 7) is 13.4. The van der Waals surface area contributed by atoms with Gasteiger partial charge in [-0.15, -0.1) is 32.9 Å². The highest BCUT2D eigenvalue weighted by atomic mass is 35.5. The normalized spacial score (nSPS) is 20.1. The van der Waals surface area contributed by atoms with Crippen LogP contribution >= 0.6 is 34.3 Å².